The minimum absolute atomic E-state index is 0.730. The number of aromatic nitrogens is 1. The van der Waals surface area contributed by atoms with Crippen molar-refractivity contribution in [1.82, 2.24) is 4.98 Å². The highest BCUT2D eigenvalue weighted by atomic mass is 16.1. The van der Waals surface area contributed by atoms with E-state index >= 15 is 0 Å². The number of hydrogen-bond donors (Lipinski definition) is 1. The van der Waals surface area contributed by atoms with Crippen molar-refractivity contribution in [2.45, 2.75) is 13.5 Å². The van der Waals surface area contributed by atoms with Gasteiger partial charge in [-0.15, -0.1) is 0 Å². The lowest BCUT2D eigenvalue weighted by atomic mass is 10.0. The topological polar surface area (TPSA) is 36.1 Å². The second-order valence-corrected chi connectivity index (χ2v) is 4.49. The van der Waals surface area contributed by atoms with Crippen LogP contribution in [0.4, 0.5) is 5.69 Å². The first-order valence-corrected chi connectivity index (χ1v) is 5.95. The van der Waals surface area contributed by atoms with Crippen LogP contribution in [0.1, 0.15) is 28.5 Å². The molecule has 1 aromatic carbocycles. The van der Waals surface area contributed by atoms with Crippen molar-refractivity contribution in [1.29, 1.82) is 0 Å². The van der Waals surface area contributed by atoms with E-state index in [1.807, 2.05) is 18.2 Å². The number of fused-ring (bicyclic) bond motifs is 1. The molecule has 2 heterocycles. The molecule has 0 spiro atoms. The molecular formula is C15H14N2O. The smallest absolute Gasteiger partial charge is 0.151 e. The molecule has 3 nitrogen and oxygen atoms in total. The fourth-order valence-corrected chi connectivity index (χ4v) is 2.40. The molecule has 0 atom stereocenters. The Morgan fingerprint density at radius 2 is 2.06 bits per heavy atom. The molecule has 3 rings (SSSR count). The van der Waals surface area contributed by atoms with E-state index in [2.05, 4.69) is 35.1 Å². The Morgan fingerprint density at radius 3 is 2.78 bits per heavy atom. The lowest BCUT2D eigenvalue weighted by Gasteiger charge is -2.26. The number of hydrogen-bond acceptors (Lipinski definition) is 2. The molecule has 0 saturated carbocycles. The number of nitrogens with zero attached hydrogens (tertiary/aromatic N) is 1. The molecule has 1 N–H and O–H groups in total. The van der Waals surface area contributed by atoms with Gasteiger partial charge in [-0.25, -0.2) is 0 Å². The number of aldehydes is 1. The van der Waals surface area contributed by atoms with Gasteiger partial charge in [0.05, 0.1) is 6.54 Å². The van der Waals surface area contributed by atoms with Gasteiger partial charge in [0.1, 0.15) is 0 Å². The zero-order chi connectivity index (χ0) is 12.5. The highest BCUT2D eigenvalue weighted by Crippen LogP contribution is 2.30. The fourth-order valence-electron chi connectivity index (χ4n) is 2.40. The number of aromatic amines is 1. The van der Waals surface area contributed by atoms with Crippen LogP contribution in [0.5, 0.6) is 0 Å². The van der Waals surface area contributed by atoms with Gasteiger partial charge in [0.2, 0.25) is 0 Å². The lowest BCUT2D eigenvalue weighted by molar-refractivity contribution is 0.112. The second-order valence-electron chi connectivity index (χ2n) is 4.49. The third kappa shape index (κ3) is 1.64. The minimum atomic E-state index is 0.730. The standard InChI is InChI=1S/C15H14N2O/c1-11-8-17(13-5-3-2-4-6-13)9-14-12(10-18)7-16-15(11)14/h2-8,10,16H,9H2,1H3. The van der Waals surface area contributed by atoms with Crippen molar-refractivity contribution in [2.75, 3.05) is 4.90 Å². The van der Waals surface area contributed by atoms with Gasteiger partial charge in [0.15, 0.2) is 6.29 Å². The summed E-state index contributed by atoms with van der Waals surface area (Å²) in [6.07, 6.45) is 4.81. The molecule has 90 valence electrons. The third-order valence-electron chi connectivity index (χ3n) is 3.31. The zero-order valence-corrected chi connectivity index (χ0v) is 10.2. The predicted octanol–water partition coefficient (Wildman–Crippen LogP) is 3.21. The summed E-state index contributed by atoms with van der Waals surface area (Å²) >= 11 is 0. The molecule has 0 radical (unpaired) electrons. The van der Waals surface area contributed by atoms with Crippen molar-refractivity contribution in [3.8, 4) is 0 Å². The van der Waals surface area contributed by atoms with E-state index in [0.29, 0.717) is 0 Å². The van der Waals surface area contributed by atoms with Crippen molar-refractivity contribution in [3.63, 3.8) is 0 Å². The van der Waals surface area contributed by atoms with Crippen molar-refractivity contribution >= 4 is 17.5 Å². The number of H-pyrrole nitrogens is 1. The molecule has 0 aliphatic carbocycles. The molecule has 0 bridgehead atoms. The Kier molecular flexibility index (Phi) is 2.52. The first kappa shape index (κ1) is 10.8. The summed E-state index contributed by atoms with van der Waals surface area (Å²) in [5.41, 5.74) is 5.19. The van der Waals surface area contributed by atoms with Crippen LogP contribution in [0.15, 0.2) is 42.7 Å². The number of rotatable bonds is 2. The van der Waals surface area contributed by atoms with Crippen LogP contribution < -0.4 is 4.90 Å². The molecule has 2 aromatic rings. The molecule has 0 fully saturated rings. The first-order valence-electron chi connectivity index (χ1n) is 5.95. The molecule has 3 heteroatoms. The summed E-state index contributed by atoms with van der Waals surface area (Å²) < 4.78 is 0. The highest BCUT2D eigenvalue weighted by Gasteiger charge is 2.20. The van der Waals surface area contributed by atoms with Gasteiger partial charge in [-0.2, -0.15) is 0 Å². The summed E-state index contributed by atoms with van der Waals surface area (Å²) in [4.78, 5) is 16.4. The van der Waals surface area contributed by atoms with Crippen LogP contribution >= 0.6 is 0 Å². The number of carbonyl (C=O) groups excluding carboxylic acids is 1. The maximum atomic E-state index is 11.0. The first-order chi connectivity index (χ1) is 8.79. The molecule has 1 aliphatic heterocycles. The van der Waals surface area contributed by atoms with Crippen molar-refractivity contribution in [3.05, 3.63) is 59.5 Å². The number of nitrogens with one attached hydrogen (secondary N) is 1. The van der Waals surface area contributed by atoms with Gasteiger partial charge in [-0.3, -0.25) is 4.79 Å². The molecule has 0 saturated heterocycles. The van der Waals surface area contributed by atoms with Crippen molar-refractivity contribution in [2.24, 2.45) is 0 Å². The molecule has 18 heavy (non-hydrogen) atoms. The average molecular weight is 238 g/mol. The summed E-state index contributed by atoms with van der Waals surface area (Å²) in [5, 5.41) is 0. The number of para-hydroxylation sites is 1. The summed E-state index contributed by atoms with van der Waals surface area (Å²) in [6.45, 7) is 2.78. The average Bonchev–Trinajstić information content (AvgIpc) is 2.83. The largest absolute Gasteiger partial charge is 0.360 e. The van der Waals surface area contributed by atoms with E-state index in [4.69, 9.17) is 0 Å². The van der Waals surface area contributed by atoms with Crippen LogP contribution in [0.25, 0.3) is 5.57 Å². The SMILES string of the molecule is CC1=CN(c2ccccc2)Cc2c(C=O)c[nH]c21. The van der Waals surface area contributed by atoms with Gasteiger partial charge >= 0.3 is 0 Å². The van der Waals surface area contributed by atoms with Crippen LogP contribution in [0, 0.1) is 0 Å². The lowest BCUT2D eigenvalue weighted by Crippen LogP contribution is -2.20. The molecule has 1 aromatic heterocycles. The minimum Gasteiger partial charge on any atom is -0.360 e. The fraction of sp³-hybridized carbons (Fsp3) is 0.133. The van der Waals surface area contributed by atoms with Gasteiger partial charge in [0, 0.05) is 34.9 Å². The Hall–Kier alpha value is -2.29. The van der Waals surface area contributed by atoms with Crippen LogP contribution in [-0.2, 0) is 6.54 Å². The Balaban J connectivity index is 2.04. The second kappa shape index (κ2) is 4.18. The predicted molar refractivity (Wildman–Crippen MR) is 72.5 cm³/mol. The van der Waals surface area contributed by atoms with E-state index < -0.39 is 0 Å². The van der Waals surface area contributed by atoms with Gasteiger partial charge in [-0.05, 0) is 24.6 Å². The summed E-state index contributed by atoms with van der Waals surface area (Å²) in [7, 11) is 0. The molecule has 0 unspecified atom stereocenters. The number of carbonyl (C=O) groups is 1. The van der Waals surface area contributed by atoms with Gasteiger partial charge < -0.3 is 9.88 Å². The van der Waals surface area contributed by atoms with E-state index in [0.717, 1.165) is 40.9 Å². The number of allylic oxidation sites excluding steroid dienone is 1. The Morgan fingerprint density at radius 1 is 1.28 bits per heavy atom. The normalized spacial score (nSPS) is 14.1. The van der Waals surface area contributed by atoms with Crippen LogP contribution in [0.2, 0.25) is 0 Å². The van der Waals surface area contributed by atoms with E-state index in [-0.39, 0.29) is 0 Å². The maximum absolute atomic E-state index is 11.0. The van der Waals surface area contributed by atoms with Crippen LogP contribution in [-0.4, -0.2) is 11.3 Å². The number of benzene rings is 1. The highest BCUT2D eigenvalue weighted by molar-refractivity contribution is 5.83. The molecule has 0 amide bonds. The van der Waals surface area contributed by atoms with Crippen LogP contribution in [0.3, 0.4) is 0 Å². The number of anilines is 1. The Labute approximate surface area is 106 Å². The molecular weight excluding hydrogens is 224 g/mol. The van der Waals surface area contributed by atoms with E-state index in [1.54, 1.807) is 6.20 Å². The van der Waals surface area contributed by atoms with Gasteiger partial charge in [0.25, 0.3) is 0 Å². The maximum Gasteiger partial charge on any atom is 0.151 e. The van der Waals surface area contributed by atoms with Gasteiger partial charge in [-0.1, -0.05) is 18.2 Å². The Bertz CT molecular complexity index is 611. The quantitative estimate of drug-likeness (QED) is 0.815. The van der Waals surface area contributed by atoms with E-state index in [9.17, 15) is 4.79 Å². The van der Waals surface area contributed by atoms with E-state index in [1.165, 1.54) is 0 Å². The monoisotopic (exact) mass is 238 g/mol. The van der Waals surface area contributed by atoms with Crippen molar-refractivity contribution < 1.29 is 4.79 Å². The zero-order valence-electron chi connectivity index (χ0n) is 10.2. The molecule has 1 aliphatic rings. The summed E-state index contributed by atoms with van der Waals surface area (Å²) in [5.74, 6) is 0. The summed E-state index contributed by atoms with van der Waals surface area (Å²) in [6, 6.07) is 10.2. The third-order valence-corrected chi connectivity index (χ3v) is 3.31.